The van der Waals surface area contributed by atoms with E-state index in [0.717, 1.165) is 12.8 Å². The standard InChI is InChI=1S/C19H20N2O3S2/c1-2-3-14-17-18(22)21(15-10-6-4-7-11-15)19(25-17)20-26(23,24)16-12-8-5-9-13-16/h4-13,17H,2-3,14H2,1H3/t17-/m0/s1. The van der Waals surface area contributed by atoms with Gasteiger partial charge in [-0.1, -0.05) is 67.9 Å². The first-order chi connectivity index (χ1) is 12.5. The number of thioether (sulfide) groups is 1. The lowest BCUT2D eigenvalue weighted by atomic mass is 10.2. The zero-order valence-corrected chi connectivity index (χ0v) is 16.0. The molecule has 0 saturated carbocycles. The van der Waals surface area contributed by atoms with Crippen LogP contribution in [0.5, 0.6) is 0 Å². The van der Waals surface area contributed by atoms with Crippen LogP contribution in [0.25, 0.3) is 0 Å². The van der Waals surface area contributed by atoms with Crippen molar-refractivity contribution in [3.63, 3.8) is 0 Å². The van der Waals surface area contributed by atoms with Gasteiger partial charge in [-0.2, -0.15) is 8.42 Å². The summed E-state index contributed by atoms with van der Waals surface area (Å²) in [5, 5.41) is -0.0916. The lowest BCUT2D eigenvalue weighted by molar-refractivity contribution is -0.117. The number of rotatable bonds is 6. The summed E-state index contributed by atoms with van der Waals surface area (Å²) in [5.41, 5.74) is 0.631. The molecular weight excluding hydrogens is 368 g/mol. The summed E-state index contributed by atoms with van der Waals surface area (Å²) in [7, 11) is -3.88. The number of amides is 1. The van der Waals surface area contributed by atoms with E-state index < -0.39 is 10.0 Å². The highest BCUT2D eigenvalue weighted by atomic mass is 32.2. The van der Waals surface area contributed by atoms with Crippen molar-refractivity contribution in [2.75, 3.05) is 4.90 Å². The van der Waals surface area contributed by atoms with Gasteiger partial charge < -0.3 is 0 Å². The van der Waals surface area contributed by atoms with E-state index >= 15 is 0 Å². The Balaban J connectivity index is 2.00. The van der Waals surface area contributed by atoms with E-state index in [1.807, 2.05) is 18.2 Å². The molecule has 0 radical (unpaired) electrons. The summed E-state index contributed by atoms with van der Waals surface area (Å²) in [6, 6.07) is 17.1. The van der Waals surface area contributed by atoms with Crippen LogP contribution in [0, 0.1) is 0 Å². The van der Waals surface area contributed by atoms with E-state index in [1.165, 1.54) is 28.8 Å². The first kappa shape index (κ1) is 18.7. The van der Waals surface area contributed by atoms with Gasteiger partial charge in [0.05, 0.1) is 15.8 Å². The van der Waals surface area contributed by atoms with E-state index in [4.69, 9.17) is 0 Å². The fourth-order valence-corrected chi connectivity index (χ4v) is 5.07. The zero-order valence-electron chi connectivity index (χ0n) is 14.4. The normalized spacial score (nSPS) is 19.3. The third-order valence-corrected chi connectivity index (χ3v) is 6.61. The maximum absolute atomic E-state index is 12.9. The van der Waals surface area contributed by atoms with Crippen molar-refractivity contribution in [3.8, 4) is 0 Å². The molecule has 2 aromatic rings. The molecule has 0 aliphatic carbocycles. The van der Waals surface area contributed by atoms with Gasteiger partial charge in [-0.05, 0) is 30.7 Å². The number of carbonyl (C=O) groups is 1. The minimum absolute atomic E-state index is 0.114. The van der Waals surface area contributed by atoms with Crippen LogP contribution in [-0.4, -0.2) is 24.7 Å². The van der Waals surface area contributed by atoms with Gasteiger partial charge in [-0.25, -0.2) is 0 Å². The van der Waals surface area contributed by atoms with Gasteiger partial charge in [0.2, 0.25) is 5.91 Å². The lowest BCUT2D eigenvalue weighted by Crippen LogP contribution is -2.32. The quantitative estimate of drug-likeness (QED) is 0.748. The molecule has 0 bridgehead atoms. The van der Waals surface area contributed by atoms with Gasteiger partial charge in [0.15, 0.2) is 5.17 Å². The number of unbranched alkanes of at least 4 members (excludes halogenated alkanes) is 1. The van der Waals surface area contributed by atoms with E-state index in [1.54, 1.807) is 30.3 Å². The van der Waals surface area contributed by atoms with Gasteiger partial charge in [0.25, 0.3) is 10.0 Å². The molecule has 136 valence electrons. The first-order valence-electron chi connectivity index (χ1n) is 8.48. The molecule has 0 spiro atoms. The third kappa shape index (κ3) is 3.99. The smallest absolute Gasteiger partial charge is 0.273 e. The lowest BCUT2D eigenvalue weighted by Gasteiger charge is -2.16. The van der Waals surface area contributed by atoms with E-state index in [9.17, 15) is 13.2 Å². The number of anilines is 1. The minimum Gasteiger partial charge on any atom is -0.273 e. The Morgan fingerprint density at radius 3 is 2.27 bits per heavy atom. The van der Waals surface area contributed by atoms with Crippen molar-refractivity contribution in [1.29, 1.82) is 0 Å². The monoisotopic (exact) mass is 388 g/mol. The summed E-state index contributed by atoms with van der Waals surface area (Å²) in [6.07, 6.45) is 2.59. The van der Waals surface area contributed by atoms with Crippen molar-refractivity contribution in [2.45, 2.75) is 36.3 Å². The van der Waals surface area contributed by atoms with Crippen LogP contribution in [0.2, 0.25) is 0 Å². The number of hydrogen-bond acceptors (Lipinski definition) is 4. The van der Waals surface area contributed by atoms with Crippen LogP contribution >= 0.6 is 11.8 Å². The van der Waals surface area contributed by atoms with Crippen LogP contribution < -0.4 is 4.90 Å². The third-order valence-electron chi connectivity index (χ3n) is 4.01. The molecule has 5 nitrogen and oxygen atoms in total. The van der Waals surface area contributed by atoms with Gasteiger partial charge in [-0.15, -0.1) is 4.40 Å². The van der Waals surface area contributed by atoms with Crippen LogP contribution in [-0.2, 0) is 14.8 Å². The number of para-hydroxylation sites is 1. The Bertz CT molecular complexity index is 897. The topological polar surface area (TPSA) is 66.8 Å². The van der Waals surface area contributed by atoms with Crippen molar-refractivity contribution in [2.24, 2.45) is 4.40 Å². The van der Waals surface area contributed by atoms with Crippen LogP contribution in [0.4, 0.5) is 5.69 Å². The van der Waals surface area contributed by atoms with Gasteiger partial charge in [0.1, 0.15) is 0 Å². The Kier molecular flexibility index (Phi) is 5.78. The molecule has 1 aliphatic rings. The van der Waals surface area contributed by atoms with Crippen molar-refractivity contribution < 1.29 is 13.2 Å². The van der Waals surface area contributed by atoms with Gasteiger partial charge in [0, 0.05) is 0 Å². The molecule has 1 aliphatic heterocycles. The summed E-state index contributed by atoms with van der Waals surface area (Å²) >= 11 is 1.23. The molecule has 1 fully saturated rings. The predicted octanol–water partition coefficient (Wildman–Crippen LogP) is 4.07. The highest BCUT2D eigenvalue weighted by Crippen LogP contribution is 2.35. The maximum Gasteiger partial charge on any atom is 0.284 e. The Hall–Kier alpha value is -2.12. The SMILES string of the molecule is CCCC[C@@H]1SC(=NS(=O)(=O)c2ccccc2)N(c2ccccc2)C1=O. The number of amidine groups is 1. The first-order valence-corrected chi connectivity index (χ1v) is 10.8. The number of benzene rings is 2. The van der Waals surface area contributed by atoms with E-state index in [0.29, 0.717) is 12.1 Å². The van der Waals surface area contributed by atoms with E-state index in [-0.39, 0.29) is 21.2 Å². The van der Waals surface area contributed by atoms with Crippen molar-refractivity contribution in [3.05, 3.63) is 60.7 Å². The Morgan fingerprint density at radius 1 is 1.04 bits per heavy atom. The molecule has 1 amide bonds. The molecule has 0 unspecified atom stereocenters. The number of carbonyl (C=O) groups excluding carboxylic acids is 1. The van der Waals surface area contributed by atoms with Gasteiger partial charge >= 0.3 is 0 Å². The van der Waals surface area contributed by atoms with Crippen molar-refractivity contribution >= 4 is 38.5 Å². The van der Waals surface area contributed by atoms with E-state index in [2.05, 4.69) is 11.3 Å². The highest BCUT2D eigenvalue weighted by Gasteiger charge is 2.39. The second kappa shape index (κ2) is 8.05. The molecule has 1 saturated heterocycles. The fraction of sp³-hybridized carbons (Fsp3) is 0.263. The second-order valence-corrected chi connectivity index (χ2v) is 8.69. The van der Waals surface area contributed by atoms with Crippen LogP contribution in [0.1, 0.15) is 26.2 Å². The fourth-order valence-electron chi connectivity index (χ4n) is 2.67. The summed E-state index contributed by atoms with van der Waals surface area (Å²) in [6.45, 7) is 2.06. The molecule has 1 heterocycles. The number of sulfonamides is 1. The molecular formula is C19H20N2O3S2. The molecule has 2 aromatic carbocycles. The van der Waals surface area contributed by atoms with Gasteiger partial charge in [-0.3, -0.25) is 9.69 Å². The molecule has 26 heavy (non-hydrogen) atoms. The maximum atomic E-state index is 12.9. The average Bonchev–Trinajstić information content (AvgIpc) is 2.96. The number of nitrogens with zero attached hydrogens (tertiary/aromatic N) is 2. The molecule has 0 N–H and O–H groups in total. The largest absolute Gasteiger partial charge is 0.284 e. The minimum atomic E-state index is -3.88. The second-order valence-electron chi connectivity index (χ2n) is 5.92. The molecule has 3 rings (SSSR count). The summed E-state index contributed by atoms with van der Waals surface area (Å²) in [4.78, 5) is 14.4. The van der Waals surface area contributed by atoms with Crippen molar-refractivity contribution in [1.82, 2.24) is 0 Å². The Morgan fingerprint density at radius 2 is 1.65 bits per heavy atom. The van der Waals surface area contributed by atoms with Crippen LogP contribution in [0.3, 0.4) is 0 Å². The predicted molar refractivity (Wildman–Crippen MR) is 106 cm³/mol. The molecule has 7 heteroatoms. The highest BCUT2D eigenvalue weighted by molar-refractivity contribution is 8.16. The summed E-state index contributed by atoms with van der Waals surface area (Å²) in [5.74, 6) is -0.114. The average molecular weight is 389 g/mol. The Labute approximate surface area is 158 Å². The molecule has 0 aromatic heterocycles. The summed E-state index contributed by atoms with van der Waals surface area (Å²) < 4.78 is 29.3. The molecule has 1 atom stereocenters. The zero-order chi connectivity index (χ0) is 18.6. The van der Waals surface area contributed by atoms with Crippen LogP contribution in [0.15, 0.2) is 70.0 Å². The number of hydrogen-bond donors (Lipinski definition) is 0.